The monoisotopic (exact) mass is 348 g/mol. The largest absolute Gasteiger partial charge is 0.373 e. The van der Waals surface area contributed by atoms with Gasteiger partial charge in [-0.15, -0.1) is 0 Å². The molecule has 2 heterocycles. The molecule has 6 heteroatoms. The highest BCUT2D eigenvalue weighted by Crippen LogP contribution is 2.17. The summed E-state index contributed by atoms with van der Waals surface area (Å²) in [5.74, 6) is 0.807. The van der Waals surface area contributed by atoms with Crippen molar-refractivity contribution >= 4 is 40.0 Å². The second-order valence-electron chi connectivity index (χ2n) is 3.23. The maximum atomic E-state index is 6.08. The van der Waals surface area contributed by atoms with E-state index in [9.17, 15) is 0 Å². The topological polar surface area (TPSA) is 42.7 Å². The fourth-order valence-electron chi connectivity index (χ4n) is 1.31. The SMILES string of the molecule is CNc1ccc(Cl)c(Cn2cc(I)cn2)n1. The van der Waals surface area contributed by atoms with Crippen molar-refractivity contribution in [3.05, 3.63) is 38.8 Å². The highest BCUT2D eigenvalue weighted by atomic mass is 127. The second-order valence-corrected chi connectivity index (χ2v) is 4.88. The van der Waals surface area contributed by atoms with Crippen LogP contribution in [-0.2, 0) is 6.54 Å². The molecule has 0 radical (unpaired) electrons. The Labute approximate surface area is 112 Å². The highest BCUT2D eigenvalue weighted by molar-refractivity contribution is 14.1. The lowest BCUT2D eigenvalue weighted by Gasteiger charge is -2.06. The summed E-state index contributed by atoms with van der Waals surface area (Å²) >= 11 is 8.29. The molecule has 0 amide bonds. The molecule has 0 aromatic carbocycles. The molecular formula is C10H10ClIN4. The van der Waals surface area contributed by atoms with Crippen LogP contribution in [-0.4, -0.2) is 21.8 Å². The van der Waals surface area contributed by atoms with Crippen molar-refractivity contribution in [2.45, 2.75) is 6.54 Å². The van der Waals surface area contributed by atoms with E-state index in [0.717, 1.165) is 15.1 Å². The lowest BCUT2D eigenvalue weighted by Crippen LogP contribution is -2.04. The van der Waals surface area contributed by atoms with Gasteiger partial charge in [-0.2, -0.15) is 5.10 Å². The van der Waals surface area contributed by atoms with E-state index in [-0.39, 0.29) is 0 Å². The van der Waals surface area contributed by atoms with Crippen LogP contribution in [0.25, 0.3) is 0 Å². The van der Waals surface area contributed by atoms with Gasteiger partial charge in [-0.25, -0.2) is 4.98 Å². The van der Waals surface area contributed by atoms with Crippen LogP contribution in [0, 0.1) is 3.57 Å². The van der Waals surface area contributed by atoms with Crippen molar-refractivity contribution < 1.29 is 0 Å². The summed E-state index contributed by atoms with van der Waals surface area (Å²) in [6.45, 7) is 0.581. The van der Waals surface area contributed by atoms with Crippen molar-refractivity contribution in [1.82, 2.24) is 14.8 Å². The third kappa shape index (κ3) is 2.65. The van der Waals surface area contributed by atoms with Crippen LogP contribution in [0.5, 0.6) is 0 Å². The average Bonchev–Trinajstić information content (AvgIpc) is 2.67. The van der Waals surface area contributed by atoms with Gasteiger partial charge in [0.25, 0.3) is 0 Å². The van der Waals surface area contributed by atoms with Gasteiger partial charge in [0.05, 0.1) is 27.0 Å². The van der Waals surface area contributed by atoms with Gasteiger partial charge in [-0.3, -0.25) is 4.68 Å². The molecule has 0 fully saturated rings. The Kier molecular flexibility index (Phi) is 3.65. The molecule has 2 aromatic heterocycles. The Morgan fingerprint density at radius 1 is 1.50 bits per heavy atom. The van der Waals surface area contributed by atoms with E-state index < -0.39 is 0 Å². The van der Waals surface area contributed by atoms with Gasteiger partial charge in [-0.1, -0.05) is 11.6 Å². The van der Waals surface area contributed by atoms with Gasteiger partial charge >= 0.3 is 0 Å². The van der Waals surface area contributed by atoms with E-state index in [1.165, 1.54) is 0 Å². The second kappa shape index (κ2) is 5.01. The van der Waals surface area contributed by atoms with E-state index in [1.807, 2.05) is 30.1 Å². The first kappa shape index (κ1) is 11.7. The summed E-state index contributed by atoms with van der Waals surface area (Å²) in [6.07, 6.45) is 3.75. The summed E-state index contributed by atoms with van der Waals surface area (Å²) in [6, 6.07) is 3.68. The minimum Gasteiger partial charge on any atom is -0.373 e. The van der Waals surface area contributed by atoms with Crippen LogP contribution >= 0.6 is 34.2 Å². The molecule has 0 saturated heterocycles. The number of aromatic nitrogens is 3. The van der Waals surface area contributed by atoms with Gasteiger partial charge in [0.15, 0.2) is 0 Å². The first-order valence-electron chi connectivity index (χ1n) is 4.70. The number of nitrogens with one attached hydrogen (secondary N) is 1. The number of pyridine rings is 1. The van der Waals surface area contributed by atoms with E-state index in [0.29, 0.717) is 11.6 Å². The number of hydrogen-bond donors (Lipinski definition) is 1. The molecule has 0 aliphatic heterocycles. The van der Waals surface area contributed by atoms with Crippen LogP contribution in [0.1, 0.15) is 5.69 Å². The minimum absolute atomic E-state index is 0.581. The number of halogens is 2. The fraction of sp³-hybridized carbons (Fsp3) is 0.200. The van der Waals surface area contributed by atoms with Gasteiger partial charge in [0.1, 0.15) is 5.82 Å². The maximum absolute atomic E-state index is 6.08. The van der Waals surface area contributed by atoms with Gasteiger partial charge < -0.3 is 5.32 Å². The zero-order valence-corrected chi connectivity index (χ0v) is 11.5. The van der Waals surface area contributed by atoms with E-state index in [4.69, 9.17) is 11.6 Å². The maximum Gasteiger partial charge on any atom is 0.126 e. The van der Waals surface area contributed by atoms with E-state index in [2.05, 4.69) is 38.0 Å². The van der Waals surface area contributed by atoms with Crippen molar-refractivity contribution in [3.63, 3.8) is 0 Å². The predicted octanol–water partition coefficient (Wildman–Crippen LogP) is 2.63. The summed E-state index contributed by atoms with van der Waals surface area (Å²) in [7, 11) is 1.83. The third-order valence-electron chi connectivity index (χ3n) is 2.09. The average molecular weight is 349 g/mol. The zero-order valence-electron chi connectivity index (χ0n) is 8.61. The molecule has 2 aromatic rings. The Morgan fingerprint density at radius 2 is 2.31 bits per heavy atom. The third-order valence-corrected chi connectivity index (χ3v) is 2.99. The lowest BCUT2D eigenvalue weighted by molar-refractivity contribution is 0.673. The summed E-state index contributed by atoms with van der Waals surface area (Å²) < 4.78 is 2.91. The van der Waals surface area contributed by atoms with Crippen molar-refractivity contribution in [2.24, 2.45) is 0 Å². The molecule has 16 heavy (non-hydrogen) atoms. The quantitative estimate of drug-likeness (QED) is 0.867. The Balaban J connectivity index is 2.26. The minimum atomic E-state index is 0.581. The Bertz CT molecular complexity index is 497. The van der Waals surface area contributed by atoms with E-state index >= 15 is 0 Å². The van der Waals surface area contributed by atoms with Crippen LogP contribution in [0.2, 0.25) is 5.02 Å². The molecule has 0 unspecified atom stereocenters. The van der Waals surface area contributed by atoms with Crippen LogP contribution in [0.4, 0.5) is 5.82 Å². The molecule has 1 N–H and O–H groups in total. The molecule has 0 atom stereocenters. The van der Waals surface area contributed by atoms with Crippen molar-refractivity contribution in [3.8, 4) is 0 Å². The lowest BCUT2D eigenvalue weighted by atomic mass is 10.3. The molecule has 0 aliphatic carbocycles. The smallest absolute Gasteiger partial charge is 0.126 e. The number of hydrogen-bond acceptors (Lipinski definition) is 3. The number of rotatable bonds is 3. The molecule has 0 bridgehead atoms. The normalized spacial score (nSPS) is 10.4. The van der Waals surface area contributed by atoms with Gasteiger partial charge in [-0.05, 0) is 34.7 Å². The highest BCUT2D eigenvalue weighted by Gasteiger charge is 2.05. The van der Waals surface area contributed by atoms with Gasteiger partial charge in [0, 0.05) is 13.2 Å². The molecule has 4 nitrogen and oxygen atoms in total. The van der Waals surface area contributed by atoms with Crippen molar-refractivity contribution in [1.29, 1.82) is 0 Å². The Hall–Kier alpha value is -0.820. The van der Waals surface area contributed by atoms with Crippen molar-refractivity contribution in [2.75, 3.05) is 12.4 Å². The number of nitrogens with zero attached hydrogens (tertiary/aromatic N) is 3. The number of anilines is 1. The van der Waals surface area contributed by atoms with Crippen LogP contribution in [0.3, 0.4) is 0 Å². The summed E-state index contributed by atoms with van der Waals surface area (Å²) in [5.41, 5.74) is 0.813. The Morgan fingerprint density at radius 3 is 2.94 bits per heavy atom. The molecule has 0 spiro atoms. The molecule has 0 saturated carbocycles. The standard InChI is InChI=1S/C10H10ClIN4/c1-13-10-3-2-8(11)9(15-10)6-16-5-7(12)4-14-16/h2-5H,6H2,1H3,(H,13,15). The zero-order chi connectivity index (χ0) is 11.5. The van der Waals surface area contributed by atoms with Crippen LogP contribution < -0.4 is 5.32 Å². The predicted molar refractivity (Wildman–Crippen MR) is 72.8 cm³/mol. The summed E-state index contributed by atoms with van der Waals surface area (Å²) in [5, 5.41) is 7.84. The first-order valence-corrected chi connectivity index (χ1v) is 6.16. The summed E-state index contributed by atoms with van der Waals surface area (Å²) in [4.78, 5) is 4.39. The first-order chi connectivity index (χ1) is 7.69. The molecular weight excluding hydrogens is 338 g/mol. The van der Waals surface area contributed by atoms with Crippen LogP contribution in [0.15, 0.2) is 24.5 Å². The fourth-order valence-corrected chi connectivity index (χ4v) is 1.92. The molecule has 0 aliphatic rings. The van der Waals surface area contributed by atoms with Gasteiger partial charge in [0.2, 0.25) is 0 Å². The van der Waals surface area contributed by atoms with E-state index in [1.54, 1.807) is 6.20 Å². The molecule has 84 valence electrons. The molecule has 2 rings (SSSR count).